The first kappa shape index (κ1) is 32.3. The second-order valence-electron chi connectivity index (χ2n) is 8.73. The Bertz CT molecular complexity index is 963. The first-order valence-electron chi connectivity index (χ1n) is 12.9. The Labute approximate surface area is 232 Å². The molecule has 1 N–H and O–H groups in total. The lowest BCUT2D eigenvalue weighted by Gasteiger charge is -2.26. The van der Waals surface area contributed by atoms with Crippen molar-refractivity contribution in [1.29, 1.82) is 0 Å². The van der Waals surface area contributed by atoms with Gasteiger partial charge in [-0.2, -0.15) is 0 Å². The van der Waals surface area contributed by atoms with E-state index in [1.165, 1.54) is 0 Å². The SMILES string of the molecule is COCCN(CCOC)c1cc(CO)c(C=C2C(OC)=CC(=[N+](CCOC)CCOC)C=C2OC)c(OC)c1. The summed E-state index contributed by atoms with van der Waals surface area (Å²) in [4.78, 5) is 2.14. The van der Waals surface area contributed by atoms with Crippen molar-refractivity contribution >= 4 is 17.5 Å². The van der Waals surface area contributed by atoms with E-state index < -0.39 is 0 Å². The number of allylic oxidation sites excluding steroid dienone is 2. The molecule has 1 aliphatic carbocycles. The molecule has 0 saturated heterocycles. The molecule has 0 heterocycles. The van der Waals surface area contributed by atoms with Crippen molar-refractivity contribution in [2.45, 2.75) is 6.61 Å². The molecule has 1 aromatic rings. The van der Waals surface area contributed by atoms with Gasteiger partial charge in [-0.05, 0) is 17.7 Å². The molecule has 0 atom stereocenters. The molecule has 39 heavy (non-hydrogen) atoms. The van der Waals surface area contributed by atoms with Crippen LogP contribution in [0.4, 0.5) is 5.69 Å². The molecular formula is C29H45N2O8+. The fraction of sp³-hybridized carbons (Fsp3) is 0.552. The van der Waals surface area contributed by atoms with Gasteiger partial charge in [0, 0.05) is 58.8 Å². The molecule has 0 unspecified atom stereocenters. The van der Waals surface area contributed by atoms with Gasteiger partial charge < -0.3 is 43.2 Å². The van der Waals surface area contributed by atoms with Crippen molar-refractivity contribution in [3.63, 3.8) is 0 Å². The van der Waals surface area contributed by atoms with E-state index in [1.54, 1.807) is 49.8 Å². The van der Waals surface area contributed by atoms with E-state index >= 15 is 0 Å². The van der Waals surface area contributed by atoms with E-state index in [0.717, 1.165) is 22.5 Å². The Hall–Kier alpha value is -2.89. The van der Waals surface area contributed by atoms with Crippen LogP contribution in [-0.4, -0.2) is 118 Å². The molecule has 0 aliphatic heterocycles. The summed E-state index contributed by atoms with van der Waals surface area (Å²) in [5.74, 6) is 1.87. The number of rotatable bonds is 18. The molecule has 1 aliphatic rings. The Morgan fingerprint density at radius 2 is 1.28 bits per heavy atom. The van der Waals surface area contributed by atoms with Crippen molar-refractivity contribution in [2.75, 3.05) is 107 Å². The van der Waals surface area contributed by atoms with Crippen LogP contribution in [0.1, 0.15) is 11.1 Å². The Balaban J connectivity index is 2.63. The summed E-state index contributed by atoms with van der Waals surface area (Å²) in [7, 11) is 11.6. The zero-order valence-electron chi connectivity index (χ0n) is 24.5. The molecular weight excluding hydrogens is 504 g/mol. The lowest BCUT2D eigenvalue weighted by molar-refractivity contribution is -0.531. The minimum absolute atomic E-state index is 0.178. The van der Waals surface area contributed by atoms with Crippen LogP contribution in [0.2, 0.25) is 0 Å². The number of hydrogen-bond donors (Lipinski definition) is 1. The largest absolute Gasteiger partial charge is 0.496 e. The third kappa shape index (κ3) is 9.08. The third-order valence-electron chi connectivity index (χ3n) is 6.41. The Morgan fingerprint density at radius 1 is 0.744 bits per heavy atom. The Morgan fingerprint density at radius 3 is 1.72 bits per heavy atom. The number of anilines is 1. The molecule has 0 aromatic heterocycles. The zero-order chi connectivity index (χ0) is 28.6. The van der Waals surface area contributed by atoms with Crippen molar-refractivity contribution in [2.24, 2.45) is 0 Å². The third-order valence-corrected chi connectivity index (χ3v) is 6.41. The van der Waals surface area contributed by atoms with Crippen LogP contribution in [0.25, 0.3) is 6.08 Å². The standard InChI is InChI=1S/C29H45N2O8/c1-33-12-8-30(9-13-34-2)23-16-22(21-32)25(27(17-23)37-5)20-26-28(38-6)18-24(19-29(26)39-7)31(10-14-35-3)11-15-36-4/h16-20,32H,8-15,21H2,1-7H3/q+1. The van der Waals surface area contributed by atoms with Crippen molar-refractivity contribution < 1.29 is 42.8 Å². The molecule has 10 nitrogen and oxygen atoms in total. The number of aliphatic hydroxyl groups excluding tert-OH is 1. The maximum absolute atomic E-state index is 10.4. The number of methoxy groups -OCH3 is 7. The van der Waals surface area contributed by atoms with Gasteiger partial charge in [0.05, 0.1) is 58.9 Å². The number of aliphatic hydroxyl groups is 1. The fourth-order valence-corrected chi connectivity index (χ4v) is 4.25. The first-order chi connectivity index (χ1) is 19.0. The summed E-state index contributed by atoms with van der Waals surface area (Å²) in [6, 6.07) is 3.92. The molecule has 0 saturated carbocycles. The molecule has 218 valence electrons. The van der Waals surface area contributed by atoms with Crippen LogP contribution >= 0.6 is 0 Å². The molecule has 1 aromatic carbocycles. The van der Waals surface area contributed by atoms with Gasteiger partial charge in [0.15, 0.2) is 13.1 Å². The van der Waals surface area contributed by atoms with Crippen LogP contribution in [0.15, 0.2) is 41.4 Å². The van der Waals surface area contributed by atoms with Crippen LogP contribution < -0.4 is 9.64 Å². The topological polar surface area (TPSA) is 91.1 Å². The lowest BCUT2D eigenvalue weighted by atomic mass is 9.97. The van der Waals surface area contributed by atoms with E-state index in [1.807, 2.05) is 30.4 Å². The normalized spacial score (nSPS) is 13.1. The summed E-state index contributed by atoms with van der Waals surface area (Å²) >= 11 is 0. The summed E-state index contributed by atoms with van der Waals surface area (Å²) in [5, 5.41) is 10.4. The molecule has 0 bridgehead atoms. The van der Waals surface area contributed by atoms with Crippen LogP contribution in [0, 0.1) is 0 Å². The minimum Gasteiger partial charge on any atom is -0.496 e. The van der Waals surface area contributed by atoms with Gasteiger partial charge >= 0.3 is 0 Å². The highest BCUT2D eigenvalue weighted by Gasteiger charge is 2.25. The molecule has 10 heteroatoms. The molecule has 0 fully saturated rings. The quantitative estimate of drug-likeness (QED) is 0.277. The smallest absolute Gasteiger partial charge is 0.207 e. The van der Waals surface area contributed by atoms with Crippen molar-refractivity contribution in [3.05, 3.63) is 52.5 Å². The average Bonchev–Trinajstić information content (AvgIpc) is 2.97. The second-order valence-corrected chi connectivity index (χ2v) is 8.73. The van der Waals surface area contributed by atoms with Crippen molar-refractivity contribution in [3.8, 4) is 5.75 Å². The first-order valence-corrected chi connectivity index (χ1v) is 12.9. The van der Waals surface area contributed by atoms with E-state index in [9.17, 15) is 5.11 Å². The predicted molar refractivity (Wildman–Crippen MR) is 152 cm³/mol. The van der Waals surface area contributed by atoms with Gasteiger partial charge in [-0.25, -0.2) is 4.58 Å². The lowest BCUT2D eigenvalue weighted by Crippen LogP contribution is -2.30. The summed E-state index contributed by atoms with van der Waals surface area (Å²) in [6.07, 6.45) is 5.87. The summed E-state index contributed by atoms with van der Waals surface area (Å²) in [5.41, 5.74) is 4.01. The number of hydrogen-bond acceptors (Lipinski definition) is 9. The van der Waals surface area contributed by atoms with Crippen LogP contribution in [0.3, 0.4) is 0 Å². The number of benzene rings is 1. The van der Waals surface area contributed by atoms with Gasteiger partial charge in [0.2, 0.25) is 5.71 Å². The van der Waals surface area contributed by atoms with E-state index in [0.29, 0.717) is 75.4 Å². The van der Waals surface area contributed by atoms with E-state index in [4.69, 9.17) is 33.2 Å². The maximum Gasteiger partial charge on any atom is 0.207 e. The highest BCUT2D eigenvalue weighted by atomic mass is 16.5. The van der Waals surface area contributed by atoms with E-state index in [2.05, 4.69) is 9.48 Å². The summed E-state index contributed by atoms with van der Waals surface area (Å²) in [6.45, 7) is 4.77. The second kappa shape index (κ2) is 17.6. The highest BCUT2D eigenvalue weighted by Crippen LogP contribution is 2.35. The molecule has 0 radical (unpaired) electrons. The van der Waals surface area contributed by atoms with Gasteiger partial charge in [-0.1, -0.05) is 0 Å². The van der Waals surface area contributed by atoms with Crippen molar-refractivity contribution in [1.82, 2.24) is 0 Å². The van der Waals surface area contributed by atoms with Gasteiger partial charge in [-0.3, -0.25) is 0 Å². The van der Waals surface area contributed by atoms with Gasteiger partial charge in [0.25, 0.3) is 0 Å². The zero-order valence-corrected chi connectivity index (χ0v) is 24.5. The fourth-order valence-electron chi connectivity index (χ4n) is 4.25. The summed E-state index contributed by atoms with van der Waals surface area (Å²) < 4.78 is 40.8. The molecule has 2 rings (SSSR count). The van der Waals surface area contributed by atoms with Crippen LogP contribution in [-0.2, 0) is 35.0 Å². The van der Waals surface area contributed by atoms with Crippen LogP contribution in [0.5, 0.6) is 5.75 Å². The number of ether oxygens (including phenoxy) is 7. The average molecular weight is 550 g/mol. The predicted octanol–water partition coefficient (Wildman–Crippen LogP) is 2.49. The van der Waals surface area contributed by atoms with Gasteiger partial charge in [-0.15, -0.1) is 0 Å². The minimum atomic E-state index is -0.178. The number of nitrogens with zero attached hydrogens (tertiary/aromatic N) is 2. The molecule has 0 spiro atoms. The monoisotopic (exact) mass is 549 g/mol. The van der Waals surface area contributed by atoms with Gasteiger partial charge in [0.1, 0.15) is 30.5 Å². The maximum atomic E-state index is 10.4. The highest BCUT2D eigenvalue weighted by molar-refractivity contribution is 6.04. The van der Waals surface area contributed by atoms with E-state index in [-0.39, 0.29) is 6.61 Å². The molecule has 0 amide bonds. The Kier molecular flexibility index (Phi) is 14.6.